The first-order valence-corrected chi connectivity index (χ1v) is 33.4. The third kappa shape index (κ3) is 11.3. The minimum atomic E-state index is 0.897. The highest BCUT2D eigenvalue weighted by molar-refractivity contribution is 6.15. The Morgan fingerprint density at radius 1 is 0.163 bits per heavy atom. The Balaban J connectivity index is 0.000000147. The number of hydrogen-bond donors (Lipinski definition) is 0. The Morgan fingerprint density at radius 3 is 0.816 bits per heavy atom. The summed E-state index contributed by atoms with van der Waals surface area (Å²) in [5.74, 6) is 0. The summed E-state index contributed by atoms with van der Waals surface area (Å²) in [5, 5.41) is 6.89. The van der Waals surface area contributed by atoms with Crippen molar-refractivity contribution in [1.82, 2.24) is 0 Å². The summed E-state index contributed by atoms with van der Waals surface area (Å²) in [6.07, 6.45) is 0. The van der Waals surface area contributed by atoms with Gasteiger partial charge in [0.15, 0.2) is 0 Å². The number of para-hydroxylation sites is 4. The molecule has 0 saturated heterocycles. The molecule has 462 valence electrons. The molecule has 0 fully saturated rings. The van der Waals surface area contributed by atoms with Crippen LogP contribution in [-0.4, -0.2) is 0 Å². The van der Waals surface area contributed by atoms with E-state index in [4.69, 9.17) is 8.83 Å². The highest BCUT2D eigenvalue weighted by Gasteiger charge is 2.22. The maximum Gasteiger partial charge on any atom is 0.143 e. The maximum atomic E-state index is 6.79. The summed E-state index contributed by atoms with van der Waals surface area (Å²) in [4.78, 5) is 4.70. The van der Waals surface area contributed by atoms with Crippen LogP contribution in [-0.2, 0) is 0 Å². The highest BCUT2D eigenvalue weighted by Crippen LogP contribution is 2.46. The molecule has 0 aliphatic carbocycles. The quantitative estimate of drug-likeness (QED) is 0.115. The Hall–Kier alpha value is -13.0. The molecule has 4 heteroatoms. The monoisotopic (exact) mass is 1250 g/mol. The van der Waals surface area contributed by atoms with Gasteiger partial charge in [-0.05, 0) is 128 Å². The zero-order chi connectivity index (χ0) is 65.1. The van der Waals surface area contributed by atoms with Crippen LogP contribution < -0.4 is 9.80 Å². The lowest BCUT2D eigenvalue weighted by atomic mass is 9.99. The van der Waals surface area contributed by atoms with Gasteiger partial charge in [0.05, 0.1) is 5.69 Å². The van der Waals surface area contributed by atoms with E-state index in [0.717, 1.165) is 123 Å². The van der Waals surface area contributed by atoms with E-state index in [2.05, 4.69) is 386 Å². The number of benzene rings is 16. The summed E-state index contributed by atoms with van der Waals surface area (Å²) in [6.45, 7) is 0. The summed E-state index contributed by atoms with van der Waals surface area (Å²) in [5.41, 5.74) is 26.2. The fourth-order valence-electron chi connectivity index (χ4n) is 14.0. The van der Waals surface area contributed by atoms with E-state index < -0.39 is 0 Å². The first kappa shape index (κ1) is 58.8. The molecule has 16 aromatic carbocycles. The van der Waals surface area contributed by atoms with Crippen LogP contribution in [0.3, 0.4) is 0 Å². The van der Waals surface area contributed by atoms with Crippen molar-refractivity contribution >= 4 is 88.8 Å². The van der Waals surface area contributed by atoms with Crippen LogP contribution in [0.25, 0.3) is 133 Å². The van der Waals surface area contributed by atoms with Gasteiger partial charge in [-0.3, -0.25) is 0 Å². The summed E-state index contributed by atoms with van der Waals surface area (Å²) < 4.78 is 13.6. The average Bonchev–Trinajstić information content (AvgIpc) is 1.56. The van der Waals surface area contributed by atoms with Crippen molar-refractivity contribution < 1.29 is 8.83 Å². The molecule has 0 spiro atoms. The van der Waals surface area contributed by atoms with Gasteiger partial charge in [-0.25, -0.2) is 0 Å². The third-order valence-electron chi connectivity index (χ3n) is 18.8. The van der Waals surface area contributed by atoms with Crippen molar-refractivity contribution in [3.63, 3.8) is 0 Å². The second-order valence-corrected chi connectivity index (χ2v) is 24.7. The van der Waals surface area contributed by atoms with Crippen molar-refractivity contribution in [2.75, 3.05) is 9.80 Å². The number of hydrogen-bond acceptors (Lipinski definition) is 4. The molecule has 0 saturated carbocycles. The number of anilines is 6. The molecule has 2 heterocycles. The molecule has 0 unspecified atom stereocenters. The van der Waals surface area contributed by atoms with Crippen LogP contribution in [0.1, 0.15) is 0 Å². The molecular weight excluding hydrogens is 1190 g/mol. The predicted molar refractivity (Wildman–Crippen MR) is 412 cm³/mol. The first-order valence-electron chi connectivity index (χ1n) is 33.4. The minimum absolute atomic E-state index is 0.897. The van der Waals surface area contributed by atoms with E-state index in [9.17, 15) is 0 Å². The molecule has 0 atom stereocenters. The van der Waals surface area contributed by atoms with Gasteiger partial charge in [-0.2, -0.15) is 0 Å². The molecule has 98 heavy (non-hydrogen) atoms. The molecule has 0 aliphatic rings. The molecule has 18 rings (SSSR count). The SMILES string of the molecule is c1ccc(-c2ccc(N(c3ccc(-c4ccccc4)cc3)c3cccc(-c4cccc5c4oc4c(-c6ccccc6)cccc45)c3)cc2)cc1.c1ccc(-c2ccc(N(c3cccc(-c4cccc5c4oc4c(-c6ccccc6)cccc45)c3)c3cccc4ccccc34)cc2)cc1. The van der Waals surface area contributed by atoms with Crippen LogP contribution in [0.4, 0.5) is 34.1 Å². The second-order valence-electron chi connectivity index (χ2n) is 24.7. The van der Waals surface area contributed by atoms with Crippen molar-refractivity contribution in [3.05, 3.63) is 388 Å². The number of nitrogens with zero attached hydrogens (tertiary/aromatic N) is 2. The zero-order valence-corrected chi connectivity index (χ0v) is 53.7. The van der Waals surface area contributed by atoms with Crippen LogP contribution in [0.2, 0.25) is 0 Å². The van der Waals surface area contributed by atoms with Gasteiger partial charge in [0.25, 0.3) is 0 Å². The highest BCUT2D eigenvalue weighted by atomic mass is 16.3. The lowest BCUT2D eigenvalue weighted by Crippen LogP contribution is -2.10. The minimum Gasteiger partial charge on any atom is -0.455 e. The van der Waals surface area contributed by atoms with E-state index in [1.165, 1.54) is 44.2 Å². The van der Waals surface area contributed by atoms with Gasteiger partial charge >= 0.3 is 0 Å². The molecule has 18 aromatic rings. The fourth-order valence-corrected chi connectivity index (χ4v) is 14.0. The normalized spacial score (nSPS) is 11.3. The molecule has 0 aliphatic heterocycles. The van der Waals surface area contributed by atoms with E-state index in [1.807, 2.05) is 12.1 Å². The van der Waals surface area contributed by atoms with Crippen molar-refractivity contribution in [3.8, 4) is 77.9 Å². The summed E-state index contributed by atoms with van der Waals surface area (Å²) in [6, 6.07) is 138. The van der Waals surface area contributed by atoms with Gasteiger partial charge < -0.3 is 18.6 Å². The third-order valence-corrected chi connectivity index (χ3v) is 18.8. The molecule has 2 aromatic heterocycles. The van der Waals surface area contributed by atoms with Crippen molar-refractivity contribution in [1.29, 1.82) is 0 Å². The Kier molecular flexibility index (Phi) is 15.6. The van der Waals surface area contributed by atoms with Crippen LogP contribution in [0.5, 0.6) is 0 Å². The average molecular weight is 1250 g/mol. The maximum absolute atomic E-state index is 6.79. The van der Waals surface area contributed by atoms with Gasteiger partial charge in [-0.15, -0.1) is 0 Å². The van der Waals surface area contributed by atoms with Crippen LogP contribution in [0.15, 0.2) is 397 Å². The predicted octanol–water partition coefficient (Wildman–Crippen LogP) is 26.9. The Labute approximate surface area is 570 Å². The van der Waals surface area contributed by atoms with Crippen LogP contribution >= 0.6 is 0 Å². The fraction of sp³-hybridized carbons (Fsp3) is 0. The van der Waals surface area contributed by atoms with Gasteiger partial charge in [-0.1, -0.05) is 322 Å². The van der Waals surface area contributed by atoms with Crippen molar-refractivity contribution in [2.45, 2.75) is 0 Å². The Morgan fingerprint density at radius 2 is 0.429 bits per heavy atom. The van der Waals surface area contributed by atoms with Gasteiger partial charge in [0, 0.05) is 77.6 Å². The van der Waals surface area contributed by atoms with E-state index in [1.54, 1.807) is 0 Å². The molecule has 0 N–H and O–H groups in total. The lowest BCUT2D eigenvalue weighted by molar-refractivity contribution is 0.670. The second kappa shape index (κ2) is 26.1. The molecule has 0 amide bonds. The number of furan rings is 2. The molecule has 0 bridgehead atoms. The molecular formula is C94H64N2O2. The van der Waals surface area contributed by atoms with E-state index >= 15 is 0 Å². The summed E-state index contributed by atoms with van der Waals surface area (Å²) >= 11 is 0. The van der Waals surface area contributed by atoms with E-state index in [-0.39, 0.29) is 0 Å². The number of rotatable bonds is 13. The topological polar surface area (TPSA) is 32.8 Å². The first-order chi connectivity index (χ1) is 48.6. The lowest BCUT2D eigenvalue weighted by Gasteiger charge is -2.27. The van der Waals surface area contributed by atoms with Gasteiger partial charge in [0.1, 0.15) is 22.3 Å². The van der Waals surface area contributed by atoms with Crippen molar-refractivity contribution in [2.24, 2.45) is 0 Å². The largest absolute Gasteiger partial charge is 0.455 e. The molecule has 4 nitrogen and oxygen atoms in total. The summed E-state index contributed by atoms with van der Waals surface area (Å²) in [7, 11) is 0. The smallest absolute Gasteiger partial charge is 0.143 e. The van der Waals surface area contributed by atoms with Crippen LogP contribution in [0, 0.1) is 0 Å². The number of fused-ring (bicyclic) bond motifs is 7. The standard InChI is InChI=1S/C48H33NO.C46H31NO/c1-4-13-34(14-5-1)36-25-29-40(30-26-36)49(41-31-27-37(28-32-41)35-15-6-2-7-16-35)42-20-10-19-39(33-42)44-22-12-24-46-45-23-11-21-43(47(45)50-48(44)46)38-17-8-3-9-18-38;1-3-13-32(14-4-1)33-27-29-37(30-28-33)47(44-26-10-18-34-17-7-8-21-39(34)44)38-20-9-19-36(31-38)41-23-12-25-43-42-24-11-22-40(45(42)48-46(41)43)35-15-5-2-6-16-35/h1-33H;1-31H. The van der Waals surface area contributed by atoms with Gasteiger partial charge in [0.2, 0.25) is 0 Å². The zero-order valence-electron chi connectivity index (χ0n) is 53.7. The Bertz CT molecular complexity index is 5740. The van der Waals surface area contributed by atoms with E-state index in [0.29, 0.717) is 0 Å². The molecule has 0 radical (unpaired) electrons.